The Morgan fingerprint density at radius 1 is 1.80 bits per heavy atom. The molecular weight excluding hydrogens is 126 g/mol. The highest BCUT2D eigenvalue weighted by Gasteiger charge is 2.27. The second kappa shape index (κ2) is 2.36. The van der Waals surface area contributed by atoms with Crippen LogP contribution in [0.5, 0.6) is 0 Å². The number of epoxide rings is 1. The van der Waals surface area contributed by atoms with Crippen LogP contribution in [0.1, 0.15) is 20.3 Å². The molecule has 1 fully saturated rings. The third-order valence-corrected chi connectivity index (χ3v) is 1.79. The lowest BCUT2D eigenvalue weighted by molar-refractivity contribution is 0.398. The number of nitrogens with two attached hydrogens (primary N) is 1. The fourth-order valence-electron chi connectivity index (χ4n) is 0.724. The molecule has 1 aliphatic rings. The number of hydrogen-bond acceptors (Lipinski definition) is 2. The Bertz CT molecular complexity index is 142. The maximum atomic E-state index is 5.80. The van der Waals surface area contributed by atoms with E-state index in [2.05, 4.69) is 6.58 Å². The van der Waals surface area contributed by atoms with Gasteiger partial charge < -0.3 is 10.5 Å². The van der Waals surface area contributed by atoms with Crippen LogP contribution in [-0.4, -0.2) is 18.2 Å². The summed E-state index contributed by atoms with van der Waals surface area (Å²) < 4.78 is 5.06. The molecule has 10 heavy (non-hydrogen) atoms. The molecule has 0 bridgehead atoms. The van der Waals surface area contributed by atoms with Crippen molar-refractivity contribution in [1.82, 2.24) is 0 Å². The highest BCUT2D eigenvalue weighted by atomic mass is 16.6. The van der Waals surface area contributed by atoms with Crippen molar-refractivity contribution in [3.63, 3.8) is 0 Å². The van der Waals surface area contributed by atoms with Gasteiger partial charge in [-0.1, -0.05) is 12.2 Å². The Morgan fingerprint density at radius 2 is 2.30 bits per heavy atom. The number of hydrogen-bond donors (Lipinski definition) is 1. The Hall–Kier alpha value is -0.340. The normalized spacial score (nSPS) is 24.5. The number of ether oxygens (including phenoxy) is 1. The van der Waals surface area contributed by atoms with Crippen molar-refractivity contribution < 1.29 is 4.74 Å². The van der Waals surface area contributed by atoms with E-state index in [9.17, 15) is 0 Å². The van der Waals surface area contributed by atoms with Gasteiger partial charge in [-0.25, -0.2) is 0 Å². The van der Waals surface area contributed by atoms with Crippen LogP contribution in [0.2, 0.25) is 0 Å². The van der Waals surface area contributed by atoms with Crippen LogP contribution in [-0.2, 0) is 4.74 Å². The van der Waals surface area contributed by atoms with Gasteiger partial charge in [0.25, 0.3) is 0 Å². The van der Waals surface area contributed by atoms with E-state index >= 15 is 0 Å². The van der Waals surface area contributed by atoms with Gasteiger partial charge in [0.15, 0.2) is 0 Å². The topological polar surface area (TPSA) is 38.5 Å². The summed E-state index contributed by atoms with van der Waals surface area (Å²) in [7, 11) is 0. The highest BCUT2D eigenvalue weighted by Crippen LogP contribution is 2.23. The molecule has 0 amide bonds. The van der Waals surface area contributed by atoms with Gasteiger partial charge in [-0.2, -0.15) is 0 Å². The van der Waals surface area contributed by atoms with Gasteiger partial charge in [0.1, 0.15) is 0 Å². The highest BCUT2D eigenvalue weighted by molar-refractivity contribution is 5.13. The van der Waals surface area contributed by atoms with Crippen LogP contribution >= 0.6 is 0 Å². The predicted molar refractivity (Wildman–Crippen MR) is 41.8 cm³/mol. The van der Waals surface area contributed by atoms with Gasteiger partial charge in [-0.05, 0) is 20.3 Å². The van der Waals surface area contributed by atoms with Gasteiger partial charge in [-0.15, -0.1) is 0 Å². The first-order valence-corrected chi connectivity index (χ1v) is 3.59. The van der Waals surface area contributed by atoms with E-state index in [-0.39, 0.29) is 5.54 Å². The van der Waals surface area contributed by atoms with Crippen LogP contribution in [0, 0.1) is 0 Å². The Labute approximate surface area is 62.1 Å². The third kappa shape index (κ3) is 2.12. The van der Waals surface area contributed by atoms with Crippen LogP contribution in [0.3, 0.4) is 0 Å². The largest absolute Gasteiger partial charge is 0.373 e. The van der Waals surface area contributed by atoms with E-state index in [1.165, 1.54) is 0 Å². The molecule has 1 aliphatic heterocycles. The summed E-state index contributed by atoms with van der Waals surface area (Å²) in [6, 6.07) is 0. The van der Waals surface area contributed by atoms with Crippen molar-refractivity contribution in [1.29, 1.82) is 0 Å². The second-order valence-electron chi connectivity index (χ2n) is 3.48. The maximum Gasteiger partial charge on any atom is 0.0847 e. The van der Waals surface area contributed by atoms with Crippen molar-refractivity contribution in [3.05, 3.63) is 12.2 Å². The van der Waals surface area contributed by atoms with Crippen LogP contribution in [0.15, 0.2) is 12.2 Å². The first-order valence-electron chi connectivity index (χ1n) is 3.59. The second-order valence-corrected chi connectivity index (χ2v) is 3.48. The number of rotatable bonds is 3. The Balaban J connectivity index is 2.32. The molecule has 58 valence electrons. The molecule has 0 aromatic heterocycles. The molecule has 0 aromatic carbocycles. The van der Waals surface area contributed by atoms with Crippen molar-refractivity contribution in [3.8, 4) is 0 Å². The lowest BCUT2D eigenvalue weighted by atomic mass is 9.93. The predicted octanol–water partition coefficient (Wildman–Crippen LogP) is 1.07. The van der Waals surface area contributed by atoms with Gasteiger partial charge in [0, 0.05) is 5.54 Å². The Kier molecular flexibility index (Phi) is 1.84. The minimum atomic E-state index is -0.244. The van der Waals surface area contributed by atoms with E-state index in [1.54, 1.807) is 0 Å². The van der Waals surface area contributed by atoms with Gasteiger partial charge >= 0.3 is 0 Å². The van der Waals surface area contributed by atoms with Gasteiger partial charge in [0.05, 0.1) is 12.7 Å². The zero-order chi connectivity index (χ0) is 7.78. The summed E-state index contributed by atoms with van der Waals surface area (Å²) in [5.74, 6) is 0. The van der Waals surface area contributed by atoms with Crippen molar-refractivity contribution >= 4 is 0 Å². The molecule has 0 radical (unpaired) electrons. The standard InChI is InChI=1S/C8H15NO/c1-6(8(2,3)9)4-7-5-10-7/h7H,1,4-5,9H2,2-3H3. The fraction of sp³-hybridized carbons (Fsp3) is 0.750. The summed E-state index contributed by atoms with van der Waals surface area (Å²) in [6.07, 6.45) is 1.33. The maximum absolute atomic E-state index is 5.80. The smallest absolute Gasteiger partial charge is 0.0847 e. The summed E-state index contributed by atoms with van der Waals surface area (Å²) >= 11 is 0. The van der Waals surface area contributed by atoms with E-state index < -0.39 is 0 Å². The first kappa shape index (κ1) is 7.76. The fourth-order valence-corrected chi connectivity index (χ4v) is 0.724. The van der Waals surface area contributed by atoms with Crippen LogP contribution in [0.25, 0.3) is 0 Å². The molecule has 2 heteroatoms. The molecule has 0 aliphatic carbocycles. The molecule has 1 saturated heterocycles. The molecule has 1 heterocycles. The summed E-state index contributed by atoms with van der Waals surface area (Å²) in [5.41, 5.74) is 6.63. The SMILES string of the molecule is C=C(CC1CO1)C(C)(C)N. The molecule has 1 unspecified atom stereocenters. The van der Waals surface area contributed by atoms with Crippen LogP contribution in [0.4, 0.5) is 0 Å². The molecule has 2 nitrogen and oxygen atoms in total. The Morgan fingerprint density at radius 3 is 2.60 bits per heavy atom. The lowest BCUT2D eigenvalue weighted by Crippen LogP contribution is -2.34. The van der Waals surface area contributed by atoms with E-state index in [0.717, 1.165) is 18.6 Å². The molecule has 0 aromatic rings. The zero-order valence-corrected chi connectivity index (χ0v) is 6.68. The minimum Gasteiger partial charge on any atom is -0.373 e. The molecule has 1 atom stereocenters. The van der Waals surface area contributed by atoms with E-state index in [1.807, 2.05) is 13.8 Å². The molecule has 2 N–H and O–H groups in total. The van der Waals surface area contributed by atoms with Gasteiger partial charge in [-0.3, -0.25) is 0 Å². The van der Waals surface area contributed by atoms with Gasteiger partial charge in [0.2, 0.25) is 0 Å². The average Bonchev–Trinajstić information content (AvgIpc) is 2.47. The average molecular weight is 141 g/mol. The minimum absolute atomic E-state index is 0.244. The molecule has 0 saturated carbocycles. The molecule has 1 rings (SSSR count). The molecular formula is C8H15NO. The monoisotopic (exact) mass is 141 g/mol. The third-order valence-electron chi connectivity index (χ3n) is 1.79. The van der Waals surface area contributed by atoms with Crippen molar-refractivity contribution in [2.75, 3.05) is 6.61 Å². The summed E-state index contributed by atoms with van der Waals surface area (Å²) in [4.78, 5) is 0. The summed E-state index contributed by atoms with van der Waals surface area (Å²) in [6.45, 7) is 8.73. The summed E-state index contributed by atoms with van der Waals surface area (Å²) in [5, 5.41) is 0. The quantitative estimate of drug-likeness (QED) is 0.471. The zero-order valence-electron chi connectivity index (χ0n) is 6.68. The van der Waals surface area contributed by atoms with E-state index in [0.29, 0.717) is 6.10 Å². The lowest BCUT2D eigenvalue weighted by Gasteiger charge is -2.20. The molecule has 0 spiro atoms. The van der Waals surface area contributed by atoms with Crippen LogP contribution < -0.4 is 5.73 Å². The van der Waals surface area contributed by atoms with E-state index in [4.69, 9.17) is 10.5 Å². The van der Waals surface area contributed by atoms with Crippen molar-refractivity contribution in [2.45, 2.75) is 31.9 Å². The first-order chi connectivity index (χ1) is 4.50. The van der Waals surface area contributed by atoms with Crippen molar-refractivity contribution in [2.24, 2.45) is 5.73 Å².